The minimum absolute atomic E-state index is 0.260. The number of nitrogens with zero attached hydrogens (tertiary/aromatic N) is 2. The number of halogens is 2. The standard InChI is InChI=1S/C18H19Cl2N3O3/c1-26-16-4-2-3-15(22-16)18(25)5-7-23(8-6-18)17(24)21-14-10-12(19)9-13(20)11-14/h2-4,9-11,25H,5-8H2,1H3,(H,21,24). The molecule has 26 heavy (non-hydrogen) atoms. The lowest BCUT2D eigenvalue weighted by Crippen LogP contribution is -2.47. The molecule has 8 heteroatoms. The Morgan fingerprint density at radius 2 is 1.88 bits per heavy atom. The summed E-state index contributed by atoms with van der Waals surface area (Å²) in [6, 6.07) is 9.89. The van der Waals surface area contributed by atoms with Crippen LogP contribution in [0.3, 0.4) is 0 Å². The van der Waals surface area contributed by atoms with Gasteiger partial charge in [0, 0.05) is 34.9 Å². The van der Waals surface area contributed by atoms with Crippen LogP contribution in [0.1, 0.15) is 18.5 Å². The van der Waals surface area contributed by atoms with Crippen molar-refractivity contribution in [1.29, 1.82) is 0 Å². The number of ether oxygens (including phenoxy) is 1. The number of hydrogen-bond acceptors (Lipinski definition) is 4. The summed E-state index contributed by atoms with van der Waals surface area (Å²) in [6.07, 6.45) is 0.772. The van der Waals surface area contributed by atoms with Crippen LogP contribution in [-0.2, 0) is 5.60 Å². The SMILES string of the molecule is COc1cccc(C2(O)CCN(C(=O)Nc3cc(Cl)cc(Cl)c3)CC2)n1. The number of amides is 2. The Hall–Kier alpha value is -2.02. The molecule has 1 aliphatic heterocycles. The highest BCUT2D eigenvalue weighted by atomic mass is 35.5. The Kier molecular flexibility index (Phi) is 5.55. The minimum atomic E-state index is -1.08. The van der Waals surface area contributed by atoms with Gasteiger partial charge in [0.1, 0.15) is 5.60 Å². The molecule has 0 saturated carbocycles. The van der Waals surface area contributed by atoms with E-state index < -0.39 is 5.60 Å². The molecule has 1 aromatic heterocycles. The highest BCUT2D eigenvalue weighted by Gasteiger charge is 2.36. The molecule has 2 amide bonds. The van der Waals surface area contributed by atoms with Crippen molar-refractivity contribution in [3.63, 3.8) is 0 Å². The second-order valence-electron chi connectivity index (χ2n) is 6.17. The van der Waals surface area contributed by atoms with Gasteiger partial charge in [-0.05, 0) is 37.1 Å². The predicted molar refractivity (Wildman–Crippen MR) is 101 cm³/mol. The van der Waals surface area contributed by atoms with Crippen LogP contribution < -0.4 is 10.1 Å². The molecule has 0 unspecified atom stereocenters. The molecule has 3 rings (SSSR count). The predicted octanol–water partition coefficient (Wildman–Crippen LogP) is 3.91. The van der Waals surface area contributed by atoms with Crippen molar-refractivity contribution in [2.24, 2.45) is 0 Å². The van der Waals surface area contributed by atoms with E-state index in [1.54, 1.807) is 41.3 Å². The van der Waals surface area contributed by atoms with Crippen LogP contribution >= 0.6 is 23.2 Å². The Bertz CT molecular complexity index is 788. The summed E-state index contributed by atoms with van der Waals surface area (Å²) < 4.78 is 5.12. The van der Waals surface area contributed by atoms with Gasteiger partial charge in [0.25, 0.3) is 0 Å². The van der Waals surface area contributed by atoms with E-state index in [0.29, 0.717) is 53.2 Å². The third-order valence-electron chi connectivity index (χ3n) is 4.40. The van der Waals surface area contributed by atoms with Gasteiger partial charge < -0.3 is 20.1 Å². The Morgan fingerprint density at radius 3 is 2.50 bits per heavy atom. The van der Waals surface area contributed by atoms with E-state index in [9.17, 15) is 9.90 Å². The largest absolute Gasteiger partial charge is 0.481 e. The first kappa shape index (κ1) is 18.8. The van der Waals surface area contributed by atoms with Gasteiger partial charge in [-0.1, -0.05) is 29.3 Å². The molecule has 0 aliphatic carbocycles. The zero-order valence-corrected chi connectivity index (χ0v) is 15.7. The van der Waals surface area contributed by atoms with Crippen LogP contribution in [0.5, 0.6) is 5.88 Å². The fraction of sp³-hybridized carbons (Fsp3) is 0.333. The van der Waals surface area contributed by atoms with Crippen molar-refractivity contribution in [3.05, 3.63) is 52.1 Å². The normalized spacial score (nSPS) is 16.2. The van der Waals surface area contributed by atoms with Crippen LogP contribution in [0.25, 0.3) is 0 Å². The summed E-state index contributed by atoms with van der Waals surface area (Å²) in [5, 5.41) is 14.6. The zero-order valence-electron chi connectivity index (χ0n) is 14.2. The number of hydrogen-bond donors (Lipinski definition) is 2. The van der Waals surface area contributed by atoms with E-state index >= 15 is 0 Å². The van der Waals surface area contributed by atoms with E-state index in [1.165, 1.54) is 7.11 Å². The van der Waals surface area contributed by atoms with Gasteiger partial charge in [0.2, 0.25) is 5.88 Å². The van der Waals surface area contributed by atoms with E-state index in [-0.39, 0.29) is 6.03 Å². The first-order chi connectivity index (χ1) is 12.4. The lowest BCUT2D eigenvalue weighted by molar-refractivity contribution is -0.0196. The molecule has 1 saturated heterocycles. The summed E-state index contributed by atoms with van der Waals surface area (Å²) in [5.74, 6) is 0.453. The second kappa shape index (κ2) is 7.70. The highest BCUT2D eigenvalue weighted by molar-refractivity contribution is 6.35. The number of anilines is 1. The summed E-state index contributed by atoms with van der Waals surface area (Å²) >= 11 is 11.9. The first-order valence-corrected chi connectivity index (χ1v) is 8.91. The maximum Gasteiger partial charge on any atom is 0.321 e. The summed E-state index contributed by atoms with van der Waals surface area (Å²) in [6.45, 7) is 0.797. The molecule has 6 nitrogen and oxygen atoms in total. The number of aromatic nitrogens is 1. The van der Waals surface area contributed by atoms with Crippen molar-refractivity contribution in [1.82, 2.24) is 9.88 Å². The molecule has 2 heterocycles. The maximum atomic E-state index is 12.4. The molecule has 1 fully saturated rings. The van der Waals surface area contributed by atoms with Gasteiger partial charge in [-0.25, -0.2) is 9.78 Å². The van der Waals surface area contributed by atoms with Crippen molar-refractivity contribution in [2.45, 2.75) is 18.4 Å². The van der Waals surface area contributed by atoms with Crippen LogP contribution in [0.4, 0.5) is 10.5 Å². The monoisotopic (exact) mass is 395 g/mol. The lowest BCUT2D eigenvalue weighted by Gasteiger charge is -2.37. The van der Waals surface area contributed by atoms with Gasteiger partial charge in [-0.3, -0.25) is 0 Å². The average Bonchev–Trinajstić information content (AvgIpc) is 2.61. The number of methoxy groups -OCH3 is 1. The number of rotatable bonds is 3. The third-order valence-corrected chi connectivity index (χ3v) is 4.84. The van der Waals surface area contributed by atoms with Gasteiger partial charge in [0.15, 0.2) is 0 Å². The molecule has 0 radical (unpaired) electrons. The van der Waals surface area contributed by atoms with Crippen molar-refractivity contribution in [3.8, 4) is 5.88 Å². The second-order valence-corrected chi connectivity index (χ2v) is 7.04. The fourth-order valence-corrected chi connectivity index (χ4v) is 3.48. The average molecular weight is 396 g/mol. The first-order valence-electron chi connectivity index (χ1n) is 8.15. The molecule has 2 aromatic rings. The topological polar surface area (TPSA) is 74.7 Å². The Balaban J connectivity index is 1.64. The van der Waals surface area contributed by atoms with E-state index in [0.717, 1.165) is 0 Å². The van der Waals surface area contributed by atoms with Gasteiger partial charge in [0.05, 0.1) is 12.8 Å². The van der Waals surface area contributed by atoms with Crippen LogP contribution in [-0.4, -0.2) is 41.2 Å². The molecule has 1 aliphatic rings. The number of nitrogens with one attached hydrogen (secondary N) is 1. The quantitative estimate of drug-likeness (QED) is 0.825. The molecule has 1 aromatic carbocycles. The molecule has 0 atom stereocenters. The van der Waals surface area contributed by atoms with Gasteiger partial charge in [-0.2, -0.15) is 0 Å². The number of urea groups is 1. The Morgan fingerprint density at radius 1 is 1.23 bits per heavy atom. The number of carbonyl (C=O) groups is 1. The van der Waals surface area contributed by atoms with Crippen molar-refractivity contribution in [2.75, 3.05) is 25.5 Å². The third kappa shape index (κ3) is 4.20. The van der Waals surface area contributed by atoms with Crippen molar-refractivity contribution < 1.29 is 14.6 Å². The van der Waals surface area contributed by atoms with Crippen LogP contribution in [0.2, 0.25) is 10.0 Å². The van der Waals surface area contributed by atoms with E-state index in [4.69, 9.17) is 27.9 Å². The molecule has 138 valence electrons. The van der Waals surface area contributed by atoms with Crippen molar-refractivity contribution >= 4 is 34.9 Å². The number of carbonyl (C=O) groups excluding carboxylic acids is 1. The minimum Gasteiger partial charge on any atom is -0.481 e. The van der Waals surface area contributed by atoms with E-state index in [1.807, 2.05) is 0 Å². The molecule has 0 bridgehead atoms. The highest BCUT2D eigenvalue weighted by Crippen LogP contribution is 2.33. The smallest absolute Gasteiger partial charge is 0.321 e. The van der Waals surface area contributed by atoms with Gasteiger partial charge in [-0.15, -0.1) is 0 Å². The number of pyridine rings is 1. The van der Waals surface area contributed by atoms with Crippen LogP contribution in [0, 0.1) is 0 Å². The summed E-state index contributed by atoms with van der Waals surface area (Å²) in [7, 11) is 1.53. The molecular formula is C18H19Cl2N3O3. The lowest BCUT2D eigenvalue weighted by atomic mass is 9.88. The fourth-order valence-electron chi connectivity index (χ4n) is 2.95. The molecular weight excluding hydrogens is 377 g/mol. The number of benzene rings is 1. The molecule has 0 spiro atoms. The summed E-state index contributed by atoms with van der Waals surface area (Å²) in [4.78, 5) is 18.4. The Labute approximate surface area is 161 Å². The number of likely N-dealkylation sites (tertiary alicyclic amines) is 1. The number of aliphatic hydroxyl groups is 1. The number of piperidine rings is 1. The van der Waals surface area contributed by atoms with Gasteiger partial charge >= 0.3 is 6.03 Å². The molecule has 2 N–H and O–H groups in total. The zero-order chi connectivity index (χ0) is 18.7. The summed E-state index contributed by atoms with van der Waals surface area (Å²) in [5.41, 5.74) is 0.00588. The van der Waals surface area contributed by atoms with Crippen LogP contribution in [0.15, 0.2) is 36.4 Å². The maximum absolute atomic E-state index is 12.4. The van der Waals surface area contributed by atoms with E-state index in [2.05, 4.69) is 10.3 Å².